The summed E-state index contributed by atoms with van der Waals surface area (Å²) >= 11 is 2.77. The van der Waals surface area contributed by atoms with Crippen molar-refractivity contribution in [1.82, 2.24) is 42.5 Å². The van der Waals surface area contributed by atoms with E-state index in [1.165, 1.54) is 23.5 Å². The predicted octanol–water partition coefficient (Wildman–Crippen LogP) is 6.53. The molecule has 0 unspecified atom stereocenters. The van der Waals surface area contributed by atoms with Gasteiger partial charge in [0.25, 0.3) is 11.8 Å². The molecule has 0 saturated carbocycles. The van der Waals surface area contributed by atoms with Crippen LogP contribution in [0.15, 0.2) is 158 Å². The summed E-state index contributed by atoms with van der Waals surface area (Å²) in [6.07, 6.45) is 0. The summed E-state index contributed by atoms with van der Waals surface area (Å²) in [5.74, 6) is -2.42. The third-order valence-corrected chi connectivity index (χ3v) is 17.3. The second-order valence-corrected chi connectivity index (χ2v) is 24.9. The summed E-state index contributed by atoms with van der Waals surface area (Å²) < 4.78 is -1.48. The summed E-state index contributed by atoms with van der Waals surface area (Å²) in [7, 11) is 7.82. The van der Waals surface area contributed by atoms with Gasteiger partial charge in [-0.15, -0.1) is 23.5 Å². The SMILES string of the molecule is CN(C)c1ccc(CNC(=O)[C@@H](NC(=O)c2ccccc2-c2ccccc2)[C@@H]2N[C@@H](C(=O)NCCNC(=O)[C@@H]3N[C@@H]([C@H](NC(=O)c4ccccc4-c4ccccc4)C(=O)NCc4ccc(N(C)C)cc4)SC3(C)C)C(C)(C)S2)cc1. The van der Waals surface area contributed by atoms with Gasteiger partial charge in [0, 0.05) is 86.4 Å². The molecule has 0 bridgehead atoms. The molecule has 6 amide bonds. The molecule has 0 aromatic heterocycles. The molecule has 2 heterocycles. The minimum absolute atomic E-state index is 0.0822. The first kappa shape index (κ1) is 58.5. The highest BCUT2D eigenvalue weighted by atomic mass is 32.2. The number of amides is 6. The van der Waals surface area contributed by atoms with Gasteiger partial charge in [-0.25, -0.2) is 0 Å². The minimum atomic E-state index is -1.10. The Kier molecular flexibility index (Phi) is 19.1. The van der Waals surface area contributed by atoms with Crippen LogP contribution in [0.25, 0.3) is 22.3 Å². The molecule has 0 spiro atoms. The van der Waals surface area contributed by atoms with Gasteiger partial charge in [0.15, 0.2) is 0 Å². The topological polar surface area (TPSA) is 205 Å². The first-order valence-corrected chi connectivity index (χ1v) is 28.5. The lowest BCUT2D eigenvalue weighted by Crippen LogP contribution is -2.58. The Morgan fingerprint density at radius 3 is 1.15 bits per heavy atom. The highest BCUT2D eigenvalue weighted by Crippen LogP contribution is 2.41. The molecule has 0 radical (unpaired) electrons. The van der Waals surface area contributed by atoms with E-state index in [0.29, 0.717) is 22.3 Å². The molecule has 6 aromatic carbocycles. The van der Waals surface area contributed by atoms with Crippen molar-refractivity contribution in [2.45, 2.75) is 85.2 Å². The lowest BCUT2D eigenvalue weighted by molar-refractivity contribution is -0.126. The molecule has 8 rings (SSSR count). The minimum Gasteiger partial charge on any atom is -0.378 e. The normalized spacial score (nSPS) is 18.6. The van der Waals surface area contributed by atoms with Gasteiger partial charge in [-0.1, -0.05) is 121 Å². The molecule has 18 heteroatoms. The third kappa shape index (κ3) is 14.4. The van der Waals surface area contributed by atoms with Crippen molar-refractivity contribution in [2.75, 3.05) is 51.1 Å². The van der Waals surface area contributed by atoms with Crippen LogP contribution in [0.3, 0.4) is 0 Å². The summed E-state index contributed by atoms with van der Waals surface area (Å²) in [6.45, 7) is 8.23. The number of rotatable bonds is 21. The van der Waals surface area contributed by atoms with Crippen molar-refractivity contribution < 1.29 is 28.8 Å². The first-order chi connectivity index (χ1) is 38.3. The van der Waals surface area contributed by atoms with Crippen LogP contribution in [0, 0.1) is 0 Å². The van der Waals surface area contributed by atoms with Crippen LogP contribution in [-0.2, 0) is 32.3 Å². The number of hydrogen-bond donors (Lipinski definition) is 8. The summed E-state index contributed by atoms with van der Waals surface area (Å²) in [6, 6.07) is 45.5. The van der Waals surface area contributed by atoms with Crippen LogP contribution in [0.4, 0.5) is 11.4 Å². The number of hydrogen-bond acceptors (Lipinski definition) is 12. The molecule has 2 aliphatic heterocycles. The van der Waals surface area contributed by atoms with E-state index in [-0.39, 0.29) is 38.0 Å². The van der Waals surface area contributed by atoms with Gasteiger partial charge < -0.3 is 41.7 Å². The molecule has 80 heavy (non-hydrogen) atoms. The average Bonchev–Trinajstić information content (AvgIpc) is 4.03. The fourth-order valence-corrected chi connectivity index (χ4v) is 12.8. The fourth-order valence-electron chi connectivity index (χ4n) is 9.79. The Morgan fingerprint density at radius 1 is 0.463 bits per heavy atom. The van der Waals surface area contributed by atoms with Crippen molar-refractivity contribution in [3.8, 4) is 22.3 Å². The summed E-state index contributed by atoms with van der Waals surface area (Å²) in [4.78, 5) is 89.4. The van der Waals surface area contributed by atoms with Crippen LogP contribution < -0.4 is 52.3 Å². The monoisotopic (exact) mass is 1120 g/mol. The number of nitrogens with one attached hydrogen (secondary N) is 8. The summed E-state index contributed by atoms with van der Waals surface area (Å²) in [5, 5.41) is 23.4. The van der Waals surface area contributed by atoms with Gasteiger partial charge in [-0.05, 0) is 97.5 Å². The zero-order valence-corrected chi connectivity index (χ0v) is 48.1. The van der Waals surface area contributed by atoms with Crippen molar-refractivity contribution in [3.63, 3.8) is 0 Å². The van der Waals surface area contributed by atoms with Gasteiger partial charge in [0.1, 0.15) is 24.2 Å². The van der Waals surface area contributed by atoms with E-state index in [9.17, 15) is 28.8 Å². The molecule has 8 N–H and O–H groups in total. The lowest BCUT2D eigenvalue weighted by atomic mass is 9.99. The van der Waals surface area contributed by atoms with Gasteiger partial charge in [-0.2, -0.15) is 0 Å². The lowest BCUT2D eigenvalue weighted by Gasteiger charge is -2.25. The van der Waals surface area contributed by atoms with E-state index in [4.69, 9.17) is 0 Å². The Balaban J connectivity index is 0.916. The second kappa shape index (κ2) is 26.1. The van der Waals surface area contributed by atoms with Crippen molar-refractivity contribution >= 4 is 70.3 Å². The molecule has 418 valence electrons. The quantitative estimate of drug-likeness (QED) is 0.0363. The largest absolute Gasteiger partial charge is 0.378 e. The molecule has 2 aliphatic rings. The van der Waals surface area contributed by atoms with E-state index < -0.39 is 68.0 Å². The number of anilines is 2. The Bertz CT molecular complexity index is 2930. The van der Waals surface area contributed by atoms with Crippen molar-refractivity contribution in [1.29, 1.82) is 0 Å². The zero-order chi connectivity index (χ0) is 57.1. The van der Waals surface area contributed by atoms with Crippen molar-refractivity contribution in [3.05, 3.63) is 180 Å². The van der Waals surface area contributed by atoms with Gasteiger partial charge in [0.05, 0.1) is 10.7 Å². The Labute approximate surface area is 477 Å². The first-order valence-electron chi connectivity index (χ1n) is 26.7. The number of thioether (sulfide) groups is 2. The van der Waals surface area contributed by atoms with Crippen LogP contribution >= 0.6 is 23.5 Å². The summed E-state index contributed by atoms with van der Waals surface area (Å²) in [5.41, 5.74) is 7.70. The molecule has 6 aromatic rings. The molecule has 2 fully saturated rings. The number of carbonyl (C=O) groups excluding carboxylic acids is 6. The smallest absolute Gasteiger partial charge is 0.252 e. The van der Waals surface area contributed by atoms with Gasteiger partial charge in [0.2, 0.25) is 23.6 Å². The van der Waals surface area contributed by atoms with E-state index in [2.05, 4.69) is 42.5 Å². The number of benzene rings is 6. The zero-order valence-electron chi connectivity index (χ0n) is 46.5. The standard InChI is InChI=1S/C62H72N10O6S2/c1-61(2)51(69-59(79-61)49(55(75)65-37-39-27-31-43(32-28-39)71(5)6)67-53(73)47-25-17-15-23-45(47)41-19-11-9-12-20-41)57(77)63-35-36-64-58(78)52-62(3,4)80-60(70-52)50(56(76)66-38-40-29-33-44(34-30-40)72(7)8)68-54(74)48-26-18-16-24-46(48)42-21-13-10-14-22-42/h9-34,49-52,59-60,69-70H,35-38H2,1-8H3,(H,63,77)(H,64,78)(H,65,75)(H,66,76)(H,67,73)(H,68,74)/t49-,50-,51+,52+,59-,60-/m1/s1. The van der Waals surface area contributed by atoms with Crippen molar-refractivity contribution in [2.24, 2.45) is 0 Å². The maximum absolute atomic E-state index is 14.3. The maximum atomic E-state index is 14.3. The van der Waals surface area contributed by atoms with E-state index >= 15 is 0 Å². The molecule has 0 aliphatic carbocycles. The highest BCUT2D eigenvalue weighted by Gasteiger charge is 2.51. The molecule has 2 saturated heterocycles. The van der Waals surface area contributed by atoms with Gasteiger partial charge >= 0.3 is 0 Å². The number of carbonyl (C=O) groups is 6. The Hall–Kier alpha value is -7.64. The van der Waals surface area contributed by atoms with Crippen LogP contribution in [0.5, 0.6) is 0 Å². The second-order valence-electron chi connectivity index (χ2n) is 21.3. The Morgan fingerprint density at radius 2 is 0.800 bits per heavy atom. The molecule has 6 atom stereocenters. The number of nitrogens with zero attached hydrogens (tertiary/aromatic N) is 2. The highest BCUT2D eigenvalue weighted by molar-refractivity contribution is 8.01. The van der Waals surface area contributed by atoms with E-state index in [0.717, 1.165) is 33.6 Å². The van der Waals surface area contributed by atoms with Crippen LogP contribution in [0.1, 0.15) is 59.5 Å². The molecule has 16 nitrogen and oxygen atoms in total. The third-order valence-electron chi connectivity index (χ3n) is 14.3. The van der Waals surface area contributed by atoms with Crippen LogP contribution in [0.2, 0.25) is 0 Å². The average molecular weight is 1120 g/mol. The van der Waals surface area contributed by atoms with Crippen LogP contribution in [-0.4, -0.2) is 121 Å². The molecular formula is C62H72N10O6S2. The predicted molar refractivity (Wildman–Crippen MR) is 322 cm³/mol. The maximum Gasteiger partial charge on any atom is 0.252 e. The van der Waals surface area contributed by atoms with Gasteiger partial charge in [-0.3, -0.25) is 39.4 Å². The van der Waals surface area contributed by atoms with E-state index in [1.54, 1.807) is 24.3 Å². The molecular weight excluding hydrogens is 1040 g/mol. The van der Waals surface area contributed by atoms with E-state index in [1.807, 2.05) is 199 Å². The fraction of sp³-hybridized carbons (Fsp3) is 0.323.